The molecule has 1 aromatic heterocycles. The van der Waals surface area contributed by atoms with E-state index in [1.807, 2.05) is 6.07 Å². The number of nitrogens with zero attached hydrogens (tertiary/aromatic N) is 4. The molecular formula is C17H24F2N4O2. The summed E-state index contributed by atoms with van der Waals surface area (Å²) in [6, 6.07) is 1.53. The quantitative estimate of drug-likeness (QED) is 0.813. The van der Waals surface area contributed by atoms with Gasteiger partial charge in [-0.15, -0.1) is 0 Å². The van der Waals surface area contributed by atoms with Gasteiger partial charge in [0, 0.05) is 19.2 Å². The number of hydrogen-bond acceptors (Lipinski definition) is 3. The summed E-state index contributed by atoms with van der Waals surface area (Å²) in [4.78, 5) is 27.6. The molecule has 1 saturated heterocycles. The van der Waals surface area contributed by atoms with Crippen molar-refractivity contribution in [2.75, 3.05) is 19.6 Å². The number of hydrogen-bond donors (Lipinski definition) is 0. The van der Waals surface area contributed by atoms with Gasteiger partial charge in [-0.1, -0.05) is 13.8 Å². The highest BCUT2D eigenvalue weighted by Crippen LogP contribution is 2.30. The molecule has 0 saturated carbocycles. The van der Waals surface area contributed by atoms with Crippen LogP contribution in [0, 0.1) is 5.92 Å². The number of fused-ring (bicyclic) bond motifs is 1. The summed E-state index contributed by atoms with van der Waals surface area (Å²) in [7, 11) is 0. The Balaban J connectivity index is 1.64. The fourth-order valence-electron chi connectivity index (χ4n) is 3.32. The maximum atomic E-state index is 13.0. The van der Waals surface area contributed by atoms with Crippen molar-refractivity contribution in [3.05, 3.63) is 18.0 Å². The van der Waals surface area contributed by atoms with Crippen LogP contribution in [0.15, 0.2) is 12.3 Å². The topological polar surface area (TPSA) is 58.4 Å². The first-order valence-electron chi connectivity index (χ1n) is 8.71. The fraction of sp³-hybridized carbons (Fsp3) is 0.706. The average Bonchev–Trinajstić information content (AvgIpc) is 2.98. The van der Waals surface area contributed by atoms with E-state index in [0.717, 1.165) is 12.1 Å². The average molecular weight is 354 g/mol. The predicted molar refractivity (Wildman–Crippen MR) is 86.9 cm³/mol. The molecule has 0 spiro atoms. The number of aromatic nitrogens is 2. The van der Waals surface area contributed by atoms with E-state index in [1.54, 1.807) is 15.8 Å². The van der Waals surface area contributed by atoms with Gasteiger partial charge in [-0.3, -0.25) is 14.3 Å². The van der Waals surface area contributed by atoms with Gasteiger partial charge in [-0.05, 0) is 18.4 Å². The van der Waals surface area contributed by atoms with Crippen LogP contribution in [0.5, 0.6) is 0 Å². The molecule has 6 nitrogen and oxygen atoms in total. The van der Waals surface area contributed by atoms with E-state index in [4.69, 9.17) is 0 Å². The fourth-order valence-corrected chi connectivity index (χ4v) is 3.32. The van der Waals surface area contributed by atoms with Crippen molar-refractivity contribution < 1.29 is 18.4 Å². The number of carbonyl (C=O) groups excluding carboxylic acids is 2. The van der Waals surface area contributed by atoms with Crippen LogP contribution in [0.4, 0.5) is 8.78 Å². The molecule has 0 aliphatic carbocycles. The van der Waals surface area contributed by atoms with E-state index < -0.39 is 19.0 Å². The van der Waals surface area contributed by atoms with Crippen LogP contribution >= 0.6 is 0 Å². The van der Waals surface area contributed by atoms with Crippen molar-refractivity contribution in [1.82, 2.24) is 19.6 Å². The van der Waals surface area contributed by atoms with E-state index in [9.17, 15) is 18.4 Å². The largest absolute Gasteiger partial charge is 0.335 e. The number of carbonyl (C=O) groups is 2. The summed E-state index contributed by atoms with van der Waals surface area (Å²) in [5.41, 5.74) is 0.871. The van der Waals surface area contributed by atoms with Crippen LogP contribution in [0.1, 0.15) is 44.8 Å². The van der Waals surface area contributed by atoms with Crippen molar-refractivity contribution in [3.63, 3.8) is 0 Å². The molecule has 8 heteroatoms. The van der Waals surface area contributed by atoms with Crippen LogP contribution in [0.3, 0.4) is 0 Å². The lowest BCUT2D eigenvalue weighted by Crippen LogP contribution is -2.59. The molecule has 1 atom stereocenters. The predicted octanol–water partition coefficient (Wildman–Crippen LogP) is 2.07. The highest BCUT2D eigenvalue weighted by atomic mass is 19.3. The third-order valence-electron chi connectivity index (χ3n) is 4.78. The Morgan fingerprint density at radius 3 is 2.64 bits per heavy atom. The SMILES string of the molecule is CC(C)CCC(=O)N1Cc2ccnn2C(CC(=O)N2CC(F)(F)C2)C1. The molecule has 0 bridgehead atoms. The Morgan fingerprint density at radius 2 is 2.00 bits per heavy atom. The molecule has 0 aromatic carbocycles. The van der Waals surface area contributed by atoms with Gasteiger partial charge in [0.05, 0.1) is 37.8 Å². The third kappa shape index (κ3) is 3.99. The first-order valence-corrected chi connectivity index (χ1v) is 8.71. The number of alkyl halides is 2. The molecule has 2 amide bonds. The van der Waals surface area contributed by atoms with Crippen LogP contribution in [0.2, 0.25) is 0 Å². The standard InChI is InChI=1S/C17H24F2N4O2/c1-12(2)3-4-15(24)21-8-13-5-6-20-23(13)14(9-21)7-16(25)22-10-17(18,19)11-22/h5-6,12,14H,3-4,7-11H2,1-2H3. The zero-order valence-corrected chi connectivity index (χ0v) is 14.6. The summed E-state index contributed by atoms with van der Waals surface area (Å²) in [5, 5.41) is 4.25. The number of rotatable bonds is 5. The Labute approximate surface area is 145 Å². The van der Waals surface area contributed by atoms with Crippen molar-refractivity contribution in [3.8, 4) is 0 Å². The van der Waals surface area contributed by atoms with E-state index in [-0.39, 0.29) is 24.3 Å². The second-order valence-electron chi connectivity index (χ2n) is 7.44. The first-order chi connectivity index (χ1) is 11.7. The van der Waals surface area contributed by atoms with Crippen LogP contribution in [-0.2, 0) is 16.1 Å². The second kappa shape index (κ2) is 6.72. The van der Waals surface area contributed by atoms with Gasteiger partial charge in [0.2, 0.25) is 11.8 Å². The van der Waals surface area contributed by atoms with Crippen molar-refractivity contribution in [2.24, 2.45) is 5.92 Å². The highest BCUT2D eigenvalue weighted by molar-refractivity contribution is 5.79. The molecule has 138 valence electrons. The monoisotopic (exact) mass is 354 g/mol. The molecule has 3 rings (SSSR count). The van der Waals surface area contributed by atoms with Crippen molar-refractivity contribution >= 4 is 11.8 Å². The Hall–Kier alpha value is -1.99. The molecular weight excluding hydrogens is 330 g/mol. The van der Waals surface area contributed by atoms with Crippen molar-refractivity contribution in [2.45, 2.75) is 51.6 Å². The summed E-state index contributed by atoms with van der Waals surface area (Å²) < 4.78 is 27.7. The van der Waals surface area contributed by atoms with Gasteiger partial charge in [-0.2, -0.15) is 5.10 Å². The number of amides is 2. The summed E-state index contributed by atoms with van der Waals surface area (Å²) in [5.74, 6) is -2.56. The number of halogens is 2. The molecule has 3 heterocycles. The smallest absolute Gasteiger partial charge is 0.282 e. The zero-order valence-electron chi connectivity index (χ0n) is 14.6. The van der Waals surface area contributed by atoms with E-state index in [0.29, 0.717) is 25.4 Å². The van der Waals surface area contributed by atoms with Crippen LogP contribution < -0.4 is 0 Å². The molecule has 1 aromatic rings. The minimum absolute atomic E-state index is 0.0640. The molecule has 1 fully saturated rings. The highest BCUT2D eigenvalue weighted by Gasteiger charge is 2.46. The molecule has 2 aliphatic heterocycles. The van der Waals surface area contributed by atoms with Gasteiger partial charge in [-0.25, -0.2) is 8.78 Å². The van der Waals surface area contributed by atoms with E-state index in [2.05, 4.69) is 18.9 Å². The molecule has 25 heavy (non-hydrogen) atoms. The molecule has 2 aliphatic rings. The minimum atomic E-state index is -2.77. The summed E-state index contributed by atoms with van der Waals surface area (Å²) >= 11 is 0. The third-order valence-corrected chi connectivity index (χ3v) is 4.78. The first kappa shape index (κ1) is 17.8. The van der Waals surface area contributed by atoms with Gasteiger partial charge in [0.1, 0.15) is 0 Å². The van der Waals surface area contributed by atoms with Crippen LogP contribution in [0.25, 0.3) is 0 Å². The molecule has 0 N–H and O–H groups in total. The van der Waals surface area contributed by atoms with Gasteiger partial charge in [0.15, 0.2) is 0 Å². The number of likely N-dealkylation sites (tertiary alicyclic amines) is 1. The van der Waals surface area contributed by atoms with Gasteiger partial charge >= 0.3 is 0 Å². The Kier molecular flexibility index (Phi) is 4.79. The lowest BCUT2D eigenvalue weighted by Gasteiger charge is -2.40. The lowest BCUT2D eigenvalue weighted by atomic mass is 10.0. The molecule has 0 radical (unpaired) electrons. The van der Waals surface area contributed by atoms with Crippen molar-refractivity contribution in [1.29, 1.82) is 0 Å². The minimum Gasteiger partial charge on any atom is -0.335 e. The summed E-state index contributed by atoms with van der Waals surface area (Å²) in [6.45, 7) is 3.99. The lowest BCUT2D eigenvalue weighted by molar-refractivity contribution is -0.166. The van der Waals surface area contributed by atoms with Gasteiger partial charge < -0.3 is 9.80 Å². The molecule has 1 unspecified atom stereocenters. The maximum Gasteiger partial charge on any atom is 0.282 e. The maximum absolute atomic E-state index is 13.0. The Morgan fingerprint density at radius 1 is 1.28 bits per heavy atom. The Bertz CT molecular complexity index is 651. The normalized spacial score (nSPS) is 21.9. The zero-order chi connectivity index (χ0) is 18.2. The second-order valence-corrected chi connectivity index (χ2v) is 7.44. The summed E-state index contributed by atoms with van der Waals surface area (Å²) in [6.07, 6.45) is 3.03. The van der Waals surface area contributed by atoms with E-state index in [1.165, 1.54) is 4.90 Å². The van der Waals surface area contributed by atoms with Crippen LogP contribution in [-0.4, -0.2) is 57.0 Å². The van der Waals surface area contributed by atoms with Gasteiger partial charge in [0.25, 0.3) is 5.92 Å². The van der Waals surface area contributed by atoms with E-state index >= 15 is 0 Å².